The Bertz CT molecular complexity index is 629. The van der Waals surface area contributed by atoms with Gasteiger partial charge in [-0.15, -0.1) is 0 Å². The molecule has 0 bridgehead atoms. The van der Waals surface area contributed by atoms with Gasteiger partial charge in [-0.3, -0.25) is 9.59 Å². The second kappa shape index (κ2) is 3.81. The highest BCUT2D eigenvalue weighted by Crippen LogP contribution is 2.11. The van der Waals surface area contributed by atoms with E-state index in [2.05, 4.69) is 16.8 Å². The Labute approximate surface area is 85.7 Å². The van der Waals surface area contributed by atoms with E-state index in [4.69, 9.17) is 0 Å². The number of aromatic amines is 1. The van der Waals surface area contributed by atoms with Crippen molar-refractivity contribution in [3.05, 3.63) is 46.2 Å². The molecule has 1 N–H and O–H groups in total. The minimum Gasteiger partial charge on any atom is -0.360 e. The van der Waals surface area contributed by atoms with E-state index in [1.165, 1.54) is 6.07 Å². The van der Waals surface area contributed by atoms with E-state index >= 15 is 0 Å². The number of benzene rings is 1. The Morgan fingerprint density at radius 1 is 1.27 bits per heavy atom. The van der Waals surface area contributed by atoms with Crippen molar-refractivity contribution in [1.29, 1.82) is 0 Å². The summed E-state index contributed by atoms with van der Waals surface area (Å²) in [4.78, 5) is 24.6. The molecule has 0 spiro atoms. The van der Waals surface area contributed by atoms with Gasteiger partial charge in [-0.1, -0.05) is 12.0 Å². The van der Waals surface area contributed by atoms with Crippen LogP contribution in [0.4, 0.5) is 0 Å². The molecule has 0 saturated carbocycles. The van der Waals surface area contributed by atoms with Crippen LogP contribution < -0.4 is 5.43 Å². The highest BCUT2D eigenvalue weighted by Gasteiger charge is 2.00. The largest absolute Gasteiger partial charge is 0.360 e. The second-order valence-corrected chi connectivity index (χ2v) is 2.96. The molecule has 0 radical (unpaired) electrons. The lowest BCUT2D eigenvalue weighted by Crippen LogP contribution is -2.00. The van der Waals surface area contributed by atoms with E-state index in [0.29, 0.717) is 22.8 Å². The first-order valence-corrected chi connectivity index (χ1v) is 4.38. The van der Waals surface area contributed by atoms with Crippen molar-refractivity contribution in [3.8, 4) is 11.8 Å². The maximum Gasteiger partial charge on any atom is 0.193 e. The van der Waals surface area contributed by atoms with Crippen molar-refractivity contribution >= 4 is 17.2 Å². The van der Waals surface area contributed by atoms with E-state index in [-0.39, 0.29) is 5.43 Å². The van der Waals surface area contributed by atoms with E-state index in [0.717, 1.165) is 0 Å². The molecule has 3 nitrogen and oxygen atoms in total. The number of aldehydes is 1. The first-order chi connectivity index (χ1) is 7.33. The number of pyridine rings is 1. The van der Waals surface area contributed by atoms with E-state index in [9.17, 15) is 9.59 Å². The van der Waals surface area contributed by atoms with Crippen molar-refractivity contribution in [2.45, 2.75) is 0 Å². The predicted molar refractivity (Wildman–Crippen MR) is 57.5 cm³/mol. The Kier molecular flexibility index (Phi) is 2.34. The van der Waals surface area contributed by atoms with Gasteiger partial charge in [-0.25, -0.2) is 0 Å². The van der Waals surface area contributed by atoms with Gasteiger partial charge in [0.1, 0.15) is 0 Å². The lowest BCUT2D eigenvalue weighted by molar-refractivity contribution is -0.103. The van der Waals surface area contributed by atoms with Crippen molar-refractivity contribution in [2.75, 3.05) is 0 Å². The lowest BCUT2D eigenvalue weighted by atomic mass is 10.1. The first-order valence-electron chi connectivity index (χ1n) is 4.38. The Morgan fingerprint density at radius 2 is 2.13 bits per heavy atom. The molecule has 2 rings (SSSR count). The number of H-pyrrole nitrogens is 1. The van der Waals surface area contributed by atoms with Crippen molar-refractivity contribution in [3.63, 3.8) is 0 Å². The highest BCUT2D eigenvalue weighted by atomic mass is 16.1. The number of carbonyl (C=O) groups excluding carboxylic acids is 1. The molecule has 0 unspecified atom stereocenters. The average molecular weight is 197 g/mol. The fourth-order valence-corrected chi connectivity index (χ4v) is 1.41. The van der Waals surface area contributed by atoms with Crippen LogP contribution in [0.5, 0.6) is 0 Å². The molecule has 0 fully saturated rings. The SMILES string of the molecule is O=CC#Cc1cccc2c(=O)cc[nH]c12. The summed E-state index contributed by atoms with van der Waals surface area (Å²) in [5.41, 5.74) is 1.26. The van der Waals surface area contributed by atoms with Gasteiger partial charge in [0.25, 0.3) is 0 Å². The topological polar surface area (TPSA) is 49.9 Å². The Morgan fingerprint density at radius 3 is 2.93 bits per heavy atom. The summed E-state index contributed by atoms with van der Waals surface area (Å²) in [5.74, 6) is 5.00. The lowest BCUT2D eigenvalue weighted by Gasteiger charge is -1.98. The van der Waals surface area contributed by atoms with Crippen molar-refractivity contribution in [2.24, 2.45) is 0 Å². The molecule has 1 aromatic heterocycles. The normalized spacial score (nSPS) is 9.33. The zero-order valence-corrected chi connectivity index (χ0v) is 7.78. The average Bonchev–Trinajstić information content (AvgIpc) is 2.27. The monoisotopic (exact) mass is 197 g/mol. The summed E-state index contributed by atoms with van der Waals surface area (Å²) in [6, 6.07) is 6.68. The third kappa shape index (κ3) is 1.65. The number of aromatic nitrogens is 1. The molecule has 15 heavy (non-hydrogen) atoms. The zero-order chi connectivity index (χ0) is 10.7. The van der Waals surface area contributed by atoms with Crippen LogP contribution in [0.1, 0.15) is 5.56 Å². The summed E-state index contributed by atoms with van der Waals surface area (Å²) in [6.45, 7) is 0. The fraction of sp³-hybridized carbons (Fsp3) is 0. The van der Waals surface area contributed by atoms with Crippen molar-refractivity contribution < 1.29 is 4.79 Å². The van der Waals surface area contributed by atoms with Crippen LogP contribution in [0.25, 0.3) is 10.9 Å². The van der Waals surface area contributed by atoms with Gasteiger partial charge >= 0.3 is 0 Å². The molecule has 0 aliphatic heterocycles. The number of hydrogen-bond acceptors (Lipinski definition) is 2. The van der Waals surface area contributed by atoms with Gasteiger partial charge in [0.05, 0.1) is 5.52 Å². The Balaban J connectivity index is 2.82. The molecule has 3 heteroatoms. The van der Waals surface area contributed by atoms with Gasteiger partial charge in [0, 0.05) is 23.2 Å². The first kappa shape index (κ1) is 9.22. The smallest absolute Gasteiger partial charge is 0.193 e. The van der Waals surface area contributed by atoms with Gasteiger partial charge in [-0.2, -0.15) is 0 Å². The number of carbonyl (C=O) groups is 1. The quantitative estimate of drug-likeness (QED) is 0.507. The minimum absolute atomic E-state index is 0.0569. The molecule has 1 heterocycles. The molecule has 0 aliphatic carbocycles. The number of nitrogens with one attached hydrogen (secondary N) is 1. The van der Waals surface area contributed by atoms with Gasteiger partial charge in [0.15, 0.2) is 11.7 Å². The van der Waals surface area contributed by atoms with Crippen LogP contribution in [-0.4, -0.2) is 11.3 Å². The zero-order valence-electron chi connectivity index (χ0n) is 7.78. The standard InChI is InChI=1S/C12H7NO2/c14-8-2-4-9-3-1-5-10-11(15)6-7-13-12(9)10/h1,3,5-8H,(H,13,15). The van der Waals surface area contributed by atoms with E-state index < -0.39 is 0 Å². The predicted octanol–water partition coefficient (Wildman–Crippen LogP) is 1.08. The van der Waals surface area contributed by atoms with E-state index in [1.54, 1.807) is 24.4 Å². The molecule has 0 amide bonds. The van der Waals surface area contributed by atoms with Crippen LogP contribution in [0.15, 0.2) is 35.3 Å². The van der Waals surface area contributed by atoms with Gasteiger partial charge in [-0.05, 0) is 18.1 Å². The Hall–Kier alpha value is -2.34. The minimum atomic E-state index is -0.0569. The summed E-state index contributed by atoms with van der Waals surface area (Å²) in [7, 11) is 0. The fourth-order valence-electron chi connectivity index (χ4n) is 1.41. The van der Waals surface area contributed by atoms with Crippen molar-refractivity contribution in [1.82, 2.24) is 4.98 Å². The maximum absolute atomic E-state index is 11.5. The second-order valence-electron chi connectivity index (χ2n) is 2.96. The molecule has 2 aromatic rings. The molecule has 1 aromatic carbocycles. The summed E-state index contributed by atoms with van der Waals surface area (Å²) >= 11 is 0. The van der Waals surface area contributed by atoms with Crippen LogP contribution >= 0.6 is 0 Å². The number of fused-ring (bicyclic) bond motifs is 1. The number of rotatable bonds is 0. The molecule has 72 valence electrons. The highest BCUT2D eigenvalue weighted by molar-refractivity contribution is 5.85. The molecular weight excluding hydrogens is 190 g/mol. The van der Waals surface area contributed by atoms with E-state index in [1.807, 2.05) is 0 Å². The molecular formula is C12H7NO2. The summed E-state index contributed by atoms with van der Waals surface area (Å²) in [5, 5.41) is 0.579. The third-order valence-electron chi connectivity index (χ3n) is 2.06. The summed E-state index contributed by atoms with van der Waals surface area (Å²) in [6.07, 6.45) is 2.09. The van der Waals surface area contributed by atoms with Crippen LogP contribution in [0.3, 0.4) is 0 Å². The van der Waals surface area contributed by atoms with Crippen LogP contribution in [0.2, 0.25) is 0 Å². The molecule has 0 aliphatic rings. The third-order valence-corrected chi connectivity index (χ3v) is 2.06. The molecule has 0 atom stereocenters. The number of para-hydroxylation sites is 1. The van der Waals surface area contributed by atoms with Gasteiger partial charge in [0.2, 0.25) is 0 Å². The van der Waals surface area contributed by atoms with Crippen LogP contribution in [-0.2, 0) is 4.79 Å². The van der Waals surface area contributed by atoms with Gasteiger partial charge < -0.3 is 4.98 Å². The summed E-state index contributed by atoms with van der Waals surface area (Å²) < 4.78 is 0. The van der Waals surface area contributed by atoms with Crippen LogP contribution in [0, 0.1) is 11.8 Å². The number of hydrogen-bond donors (Lipinski definition) is 1. The maximum atomic E-state index is 11.5. The molecule has 0 saturated heterocycles.